The van der Waals surface area contributed by atoms with E-state index >= 15 is 0 Å². The molecule has 2 saturated heterocycles. The summed E-state index contributed by atoms with van der Waals surface area (Å²) in [5.41, 5.74) is 0. The van der Waals surface area contributed by atoms with Crippen LogP contribution in [-0.2, 0) is 33.2 Å². The van der Waals surface area contributed by atoms with Crippen molar-refractivity contribution in [3.05, 3.63) is 48.6 Å². The van der Waals surface area contributed by atoms with Crippen LogP contribution < -0.4 is 0 Å². The normalized spacial score (nSPS) is 27.4. The van der Waals surface area contributed by atoms with Gasteiger partial charge in [0.1, 0.15) is 54.9 Å². The first-order valence-electron chi connectivity index (χ1n) is 24.2. The second-order valence-corrected chi connectivity index (χ2v) is 16.9. The monoisotopic (exact) mass is 899 g/mol. The maximum atomic E-state index is 13.0. The minimum Gasteiger partial charge on any atom is -0.457 e. The zero-order valence-electron chi connectivity index (χ0n) is 38.5. The first-order valence-corrected chi connectivity index (χ1v) is 24.2. The zero-order valence-corrected chi connectivity index (χ0v) is 38.5. The number of aliphatic hydroxyl groups is 7. The first kappa shape index (κ1) is 57.1. The molecule has 63 heavy (non-hydrogen) atoms. The third kappa shape index (κ3) is 25.4. The molecule has 2 aliphatic rings. The number of allylic oxidation sites excluding steroid dienone is 8. The Hall–Kier alpha value is -2.05. The van der Waals surface area contributed by atoms with Gasteiger partial charge in [-0.15, -0.1) is 0 Å². The maximum absolute atomic E-state index is 13.0. The van der Waals surface area contributed by atoms with Crippen LogP contribution in [0.5, 0.6) is 0 Å². The van der Waals surface area contributed by atoms with Crippen LogP contribution in [0.3, 0.4) is 0 Å². The molecule has 11 atom stereocenters. The Morgan fingerprint density at radius 2 is 1.03 bits per heavy atom. The van der Waals surface area contributed by atoms with Crippen molar-refractivity contribution in [1.29, 1.82) is 0 Å². The second-order valence-electron chi connectivity index (χ2n) is 16.9. The lowest BCUT2D eigenvalue weighted by Gasteiger charge is -2.42. The number of hydrogen-bond acceptors (Lipinski definition) is 14. The Bertz CT molecular complexity index is 1230. The number of hydrogen-bond donors (Lipinski definition) is 7. The third-order valence-corrected chi connectivity index (χ3v) is 11.4. The van der Waals surface area contributed by atoms with E-state index in [-0.39, 0.29) is 19.6 Å². The van der Waals surface area contributed by atoms with E-state index in [2.05, 4.69) is 62.5 Å². The van der Waals surface area contributed by atoms with Gasteiger partial charge in [0.2, 0.25) is 0 Å². The van der Waals surface area contributed by atoms with Gasteiger partial charge in [-0.1, -0.05) is 146 Å². The van der Waals surface area contributed by atoms with Gasteiger partial charge in [0.05, 0.1) is 26.4 Å². The van der Waals surface area contributed by atoms with E-state index in [1.54, 1.807) is 0 Å². The van der Waals surface area contributed by atoms with Crippen LogP contribution in [0.25, 0.3) is 0 Å². The number of aliphatic hydroxyl groups excluding tert-OH is 7. The van der Waals surface area contributed by atoms with E-state index in [4.69, 9.17) is 28.4 Å². The van der Waals surface area contributed by atoms with Gasteiger partial charge in [-0.25, -0.2) is 0 Å². The standard InChI is InChI=1S/C49H86O14/c1-3-5-7-9-11-13-15-17-19-20-22-24-26-28-30-32-41(51)61-38(35-58-33-31-29-27-25-23-21-18-16-14-12-10-8-6-4-2)36-59-48-47(57)45(55)43(53)40(63-48)37-60-49-46(56)44(54)42(52)39(34-50)62-49/h5,7,11,13,17,19,22,24,38-40,42-50,52-57H,3-4,6,8-10,12,14-16,18,20-21,23,25-37H2,1-2H3/b7-5-,13-11-,19-17-,24-22-. The van der Waals surface area contributed by atoms with E-state index in [1.807, 2.05) is 0 Å². The van der Waals surface area contributed by atoms with Crippen molar-refractivity contribution in [2.24, 2.45) is 0 Å². The highest BCUT2D eigenvalue weighted by Gasteiger charge is 2.47. The summed E-state index contributed by atoms with van der Waals surface area (Å²) in [4.78, 5) is 13.0. The molecule has 0 spiro atoms. The number of carbonyl (C=O) groups excluding carboxylic acids is 1. The molecule has 0 bridgehead atoms. The summed E-state index contributed by atoms with van der Waals surface area (Å²) in [5, 5.41) is 72.0. The Morgan fingerprint density at radius 1 is 0.540 bits per heavy atom. The van der Waals surface area contributed by atoms with Gasteiger partial charge < -0.3 is 64.2 Å². The van der Waals surface area contributed by atoms with Gasteiger partial charge >= 0.3 is 5.97 Å². The predicted molar refractivity (Wildman–Crippen MR) is 243 cm³/mol. The van der Waals surface area contributed by atoms with E-state index < -0.39 is 86.7 Å². The number of ether oxygens (including phenoxy) is 6. The molecule has 0 aromatic heterocycles. The Kier molecular flexibility index (Phi) is 33.6. The molecule has 2 fully saturated rings. The average molecular weight is 899 g/mol. The van der Waals surface area contributed by atoms with Crippen LogP contribution in [0.15, 0.2) is 48.6 Å². The minimum absolute atomic E-state index is 0.0454. The number of unbranched alkanes of at least 4 members (excludes halogenated alkanes) is 15. The lowest BCUT2D eigenvalue weighted by atomic mass is 9.98. The van der Waals surface area contributed by atoms with Gasteiger partial charge in [0.25, 0.3) is 0 Å². The van der Waals surface area contributed by atoms with Crippen LogP contribution in [-0.4, -0.2) is 142 Å². The fourth-order valence-electron chi connectivity index (χ4n) is 7.39. The van der Waals surface area contributed by atoms with Crippen LogP contribution >= 0.6 is 0 Å². The molecule has 7 N–H and O–H groups in total. The lowest BCUT2D eigenvalue weighted by molar-refractivity contribution is -0.332. The minimum atomic E-state index is -1.71. The molecule has 366 valence electrons. The highest BCUT2D eigenvalue weighted by molar-refractivity contribution is 5.69. The molecule has 2 heterocycles. The van der Waals surface area contributed by atoms with Gasteiger partial charge in [0, 0.05) is 13.0 Å². The highest BCUT2D eigenvalue weighted by Crippen LogP contribution is 2.26. The summed E-state index contributed by atoms with van der Waals surface area (Å²) >= 11 is 0. The summed E-state index contributed by atoms with van der Waals surface area (Å²) in [7, 11) is 0. The Morgan fingerprint density at radius 3 is 1.59 bits per heavy atom. The molecule has 14 heteroatoms. The third-order valence-electron chi connectivity index (χ3n) is 11.4. The Balaban J connectivity index is 1.82. The molecule has 2 aliphatic heterocycles. The number of carbonyl (C=O) groups is 1. The smallest absolute Gasteiger partial charge is 0.306 e. The van der Waals surface area contributed by atoms with E-state index in [0.29, 0.717) is 13.0 Å². The molecule has 0 radical (unpaired) electrons. The topological polar surface area (TPSA) is 214 Å². The van der Waals surface area contributed by atoms with E-state index in [9.17, 15) is 40.5 Å². The Labute approximate surface area is 378 Å². The van der Waals surface area contributed by atoms with Crippen LogP contribution in [0.2, 0.25) is 0 Å². The van der Waals surface area contributed by atoms with E-state index in [1.165, 1.54) is 70.6 Å². The van der Waals surface area contributed by atoms with Crippen molar-refractivity contribution in [3.63, 3.8) is 0 Å². The fraction of sp³-hybridized carbons (Fsp3) is 0.816. The van der Waals surface area contributed by atoms with Crippen LogP contribution in [0.4, 0.5) is 0 Å². The van der Waals surface area contributed by atoms with Crippen molar-refractivity contribution in [2.45, 2.75) is 223 Å². The van der Waals surface area contributed by atoms with Crippen molar-refractivity contribution in [3.8, 4) is 0 Å². The largest absolute Gasteiger partial charge is 0.457 e. The molecule has 0 aliphatic carbocycles. The first-order chi connectivity index (χ1) is 30.6. The van der Waals surface area contributed by atoms with Gasteiger partial charge in [0.15, 0.2) is 12.6 Å². The van der Waals surface area contributed by atoms with E-state index in [0.717, 1.165) is 57.8 Å². The zero-order chi connectivity index (χ0) is 45.9. The van der Waals surface area contributed by atoms with Gasteiger partial charge in [-0.05, 0) is 51.4 Å². The molecule has 0 aromatic rings. The molecule has 0 saturated carbocycles. The molecular formula is C49H86O14. The quantitative estimate of drug-likeness (QED) is 0.0204. The molecule has 0 amide bonds. The highest BCUT2D eigenvalue weighted by atomic mass is 16.7. The molecule has 14 nitrogen and oxygen atoms in total. The van der Waals surface area contributed by atoms with Gasteiger partial charge in [-0.2, -0.15) is 0 Å². The SMILES string of the molecule is CC/C=C\C/C=C\C/C=C\C/C=C\CCCCC(=O)OC(COCCCCCCCCCCCCCCCC)COC1OC(COC2OC(CO)C(O)C(O)C2O)C(O)C(O)C1O. The molecule has 0 aromatic carbocycles. The van der Waals surface area contributed by atoms with Crippen molar-refractivity contribution < 1.29 is 69.0 Å². The van der Waals surface area contributed by atoms with Crippen molar-refractivity contribution in [1.82, 2.24) is 0 Å². The molecular weight excluding hydrogens is 813 g/mol. The maximum Gasteiger partial charge on any atom is 0.306 e. The lowest BCUT2D eigenvalue weighted by Crippen LogP contribution is -2.61. The molecule has 2 rings (SSSR count). The average Bonchev–Trinajstić information content (AvgIpc) is 3.28. The summed E-state index contributed by atoms with van der Waals surface area (Å²) in [5.74, 6) is -0.416. The summed E-state index contributed by atoms with van der Waals surface area (Å²) in [6.45, 7) is 3.51. The van der Waals surface area contributed by atoms with Gasteiger partial charge in [-0.3, -0.25) is 4.79 Å². The summed E-state index contributed by atoms with van der Waals surface area (Å²) in [6.07, 6.45) is 24.6. The predicted octanol–water partition coefficient (Wildman–Crippen LogP) is 6.40. The summed E-state index contributed by atoms with van der Waals surface area (Å²) in [6, 6.07) is 0. The van der Waals surface area contributed by atoms with Crippen molar-refractivity contribution >= 4 is 5.97 Å². The van der Waals surface area contributed by atoms with Crippen LogP contribution in [0.1, 0.15) is 155 Å². The van der Waals surface area contributed by atoms with Crippen LogP contribution in [0, 0.1) is 0 Å². The van der Waals surface area contributed by atoms with Crippen molar-refractivity contribution in [2.75, 3.05) is 33.0 Å². The number of rotatable bonds is 37. The second kappa shape index (κ2) is 37.1. The number of esters is 1. The summed E-state index contributed by atoms with van der Waals surface area (Å²) < 4.78 is 34.2. The molecule has 11 unspecified atom stereocenters. The fourth-order valence-corrected chi connectivity index (χ4v) is 7.39.